The van der Waals surface area contributed by atoms with Gasteiger partial charge in [-0.05, 0) is 57.5 Å². The van der Waals surface area contributed by atoms with E-state index in [1.165, 1.54) is 6.07 Å². The van der Waals surface area contributed by atoms with E-state index in [2.05, 4.69) is 42.5 Å². The Labute approximate surface area is 230 Å². The molecule has 2 aromatic carbocycles. The fraction of sp³-hybridized carbons (Fsp3) is 0.367. The number of aliphatic hydroxyl groups is 1. The van der Waals surface area contributed by atoms with Gasteiger partial charge in [0.15, 0.2) is 0 Å². The SMILES string of the molecule is CCN(CC)c1ccc2c(-c3ccc(CNCCO)cc3S(=O)(=O)O)c3ccc(=[N+](CC)CC)cc-3oc2c1. The number of nitrogens with zero attached hydrogens (tertiary/aromatic N) is 2. The van der Waals surface area contributed by atoms with Crippen LogP contribution in [0.15, 0.2) is 63.9 Å². The van der Waals surface area contributed by atoms with Crippen LogP contribution in [0.5, 0.6) is 0 Å². The van der Waals surface area contributed by atoms with Gasteiger partial charge in [-0.1, -0.05) is 12.1 Å². The van der Waals surface area contributed by atoms with Gasteiger partial charge in [0.05, 0.1) is 12.7 Å². The number of hydrogen-bond acceptors (Lipinski definition) is 6. The summed E-state index contributed by atoms with van der Waals surface area (Å²) in [6.07, 6.45) is 0. The van der Waals surface area contributed by atoms with Crippen LogP contribution in [-0.4, -0.2) is 57.4 Å². The smallest absolute Gasteiger partial charge is 0.295 e. The lowest BCUT2D eigenvalue weighted by Crippen LogP contribution is -2.29. The van der Waals surface area contributed by atoms with Crippen LogP contribution < -0.4 is 20.1 Å². The zero-order valence-electron chi connectivity index (χ0n) is 23.1. The van der Waals surface area contributed by atoms with E-state index < -0.39 is 10.1 Å². The number of hydrogen-bond donors (Lipinski definition) is 3. The Morgan fingerprint density at radius 1 is 0.923 bits per heavy atom. The lowest BCUT2D eigenvalue weighted by Gasteiger charge is -2.22. The molecule has 0 radical (unpaired) electrons. The van der Waals surface area contributed by atoms with Crippen molar-refractivity contribution in [3.8, 4) is 22.5 Å². The number of rotatable bonds is 11. The summed E-state index contributed by atoms with van der Waals surface area (Å²) in [5.41, 5.74) is 4.17. The molecule has 0 bridgehead atoms. The van der Waals surface area contributed by atoms with Crippen molar-refractivity contribution in [3.63, 3.8) is 0 Å². The van der Waals surface area contributed by atoms with Crippen LogP contribution in [-0.2, 0) is 16.7 Å². The lowest BCUT2D eigenvalue weighted by atomic mass is 9.92. The van der Waals surface area contributed by atoms with E-state index in [4.69, 9.17) is 9.52 Å². The van der Waals surface area contributed by atoms with E-state index >= 15 is 0 Å². The molecular formula is C30H38N3O5S+. The first kappa shape index (κ1) is 28.8. The van der Waals surface area contributed by atoms with Gasteiger partial charge in [-0.2, -0.15) is 8.42 Å². The maximum absolute atomic E-state index is 12.7. The minimum atomic E-state index is -4.56. The molecule has 0 atom stereocenters. The minimum Gasteiger partial charge on any atom is -0.456 e. The van der Waals surface area contributed by atoms with Crippen molar-refractivity contribution >= 4 is 26.8 Å². The van der Waals surface area contributed by atoms with Crippen LogP contribution in [0, 0.1) is 0 Å². The Hall–Kier alpha value is -3.24. The number of fused-ring (bicyclic) bond motifs is 2. The summed E-state index contributed by atoms with van der Waals surface area (Å²) in [4.78, 5) is 2.06. The summed E-state index contributed by atoms with van der Waals surface area (Å²) in [7, 11) is -4.56. The molecule has 0 saturated carbocycles. The highest BCUT2D eigenvalue weighted by Gasteiger charge is 2.25. The third-order valence-corrected chi connectivity index (χ3v) is 8.05. The zero-order chi connectivity index (χ0) is 28.2. The van der Waals surface area contributed by atoms with Crippen molar-refractivity contribution < 1.29 is 22.5 Å². The standard InChI is InChI=1S/C30H37N3O5S/c1-5-32(6-2)22-10-13-24-27(18-22)38-28-19-23(33(7-3)8-4)11-14-25(28)30(24)26-12-9-21(20-31-15-16-34)17-29(26)39(35,36)37/h9-14,17-19,31,34H,5-8,15-16,20H2,1-4H3/p+1. The van der Waals surface area contributed by atoms with E-state index in [-0.39, 0.29) is 11.5 Å². The molecule has 3 N–H and O–H groups in total. The fourth-order valence-electron chi connectivity index (χ4n) is 5.14. The van der Waals surface area contributed by atoms with Crippen LogP contribution in [0.3, 0.4) is 0 Å². The quantitative estimate of drug-likeness (QED) is 0.111. The van der Waals surface area contributed by atoms with E-state index in [9.17, 15) is 13.0 Å². The van der Waals surface area contributed by atoms with Gasteiger partial charge in [-0.3, -0.25) is 4.55 Å². The maximum Gasteiger partial charge on any atom is 0.295 e. The number of aliphatic hydroxyl groups excluding tert-OH is 1. The summed E-state index contributed by atoms with van der Waals surface area (Å²) < 4.78 is 44.4. The Morgan fingerprint density at radius 2 is 1.64 bits per heavy atom. The van der Waals surface area contributed by atoms with Crippen LogP contribution in [0.4, 0.5) is 5.69 Å². The van der Waals surface area contributed by atoms with Gasteiger partial charge in [0.25, 0.3) is 10.1 Å². The molecule has 0 fully saturated rings. The molecule has 1 heterocycles. The topological polar surface area (TPSA) is 106 Å². The third kappa shape index (κ3) is 6.01. The number of nitrogens with one attached hydrogen (secondary N) is 1. The van der Waals surface area contributed by atoms with E-state index in [0.29, 0.717) is 41.1 Å². The highest BCUT2D eigenvalue weighted by molar-refractivity contribution is 7.86. The van der Waals surface area contributed by atoms with E-state index in [1.807, 2.05) is 42.5 Å². The van der Waals surface area contributed by atoms with Gasteiger partial charge in [0, 0.05) is 66.1 Å². The predicted molar refractivity (Wildman–Crippen MR) is 157 cm³/mol. The summed E-state index contributed by atoms with van der Waals surface area (Å²) in [6, 6.07) is 17.0. The molecule has 2 aromatic rings. The molecule has 0 spiro atoms. The molecule has 4 rings (SSSR count). The molecule has 0 aromatic heterocycles. The first-order valence-corrected chi connectivity index (χ1v) is 14.9. The van der Waals surface area contributed by atoms with Gasteiger partial charge in [-0.15, -0.1) is 0 Å². The van der Waals surface area contributed by atoms with Gasteiger partial charge >= 0.3 is 0 Å². The molecule has 0 unspecified atom stereocenters. The molecule has 1 aliphatic carbocycles. The van der Waals surface area contributed by atoms with Crippen molar-refractivity contribution in [2.75, 3.05) is 44.2 Å². The second-order valence-corrected chi connectivity index (χ2v) is 10.8. The summed E-state index contributed by atoms with van der Waals surface area (Å²) in [5, 5.41) is 13.9. The Morgan fingerprint density at radius 3 is 2.28 bits per heavy atom. The minimum absolute atomic E-state index is 0.0281. The van der Waals surface area contributed by atoms with Gasteiger partial charge in [0.1, 0.15) is 29.3 Å². The molecule has 1 aliphatic heterocycles. The molecule has 9 heteroatoms. The van der Waals surface area contributed by atoms with Crippen LogP contribution in [0.25, 0.3) is 33.4 Å². The molecule has 39 heavy (non-hydrogen) atoms. The van der Waals surface area contributed by atoms with Crippen LogP contribution in [0.1, 0.15) is 33.3 Å². The Kier molecular flexibility index (Phi) is 9.07. The fourth-order valence-corrected chi connectivity index (χ4v) is 5.89. The van der Waals surface area contributed by atoms with E-state index in [0.717, 1.165) is 48.2 Å². The van der Waals surface area contributed by atoms with Crippen molar-refractivity contribution in [3.05, 3.63) is 65.5 Å². The first-order chi connectivity index (χ1) is 18.7. The summed E-state index contributed by atoms with van der Waals surface area (Å²) in [5.74, 6) is 0.633. The van der Waals surface area contributed by atoms with Crippen molar-refractivity contribution in [1.29, 1.82) is 0 Å². The highest BCUT2D eigenvalue weighted by Crippen LogP contribution is 2.43. The van der Waals surface area contributed by atoms with Crippen molar-refractivity contribution in [2.45, 2.75) is 39.1 Å². The van der Waals surface area contributed by atoms with Crippen molar-refractivity contribution in [1.82, 2.24) is 9.89 Å². The zero-order valence-corrected chi connectivity index (χ0v) is 23.9. The monoisotopic (exact) mass is 552 g/mol. The predicted octanol–water partition coefficient (Wildman–Crippen LogP) is 4.19. The molecule has 0 amide bonds. The van der Waals surface area contributed by atoms with E-state index in [1.54, 1.807) is 6.07 Å². The van der Waals surface area contributed by atoms with Crippen LogP contribution >= 0.6 is 0 Å². The maximum atomic E-state index is 12.7. The van der Waals surface area contributed by atoms with Crippen molar-refractivity contribution in [2.24, 2.45) is 0 Å². The second-order valence-electron chi connectivity index (χ2n) is 9.39. The molecule has 2 aliphatic rings. The molecule has 0 saturated heterocycles. The average molecular weight is 553 g/mol. The molecule has 8 nitrogen and oxygen atoms in total. The average Bonchev–Trinajstić information content (AvgIpc) is 2.92. The van der Waals surface area contributed by atoms with Crippen LogP contribution in [0.2, 0.25) is 0 Å². The third-order valence-electron chi connectivity index (χ3n) is 7.16. The number of benzene rings is 3. The highest BCUT2D eigenvalue weighted by atomic mass is 32.2. The first-order valence-electron chi connectivity index (χ1n) is 13.5. The lowest BCUT2D eigenvalue weighted by molar-refractivity contribution is 0.292. The number of anilines is 1. The molecule has 208 valence electrons. The van der Waals surface area contributed by atoms with Gasteiger partial charge in [0.2, 0.25) is 5.36 Å². The van der Waals surface area contributed by atoms with Gasteiger partial charge < -0.3 is 19.7 Å². The Bertz CT molecular complexity index is 1600. The largest absolute Gasteiger partial charge is 0.456 e. The summed E-state index contributed by atoms with van der Waals surface area (Å²) >= 11 is 0. The van der Waals surface area contributed by atoms with Gasteiger partial charge in [-0.25, -0.2) is 4.58 Å². The normalized spacial score (nSPS) is 11.8. The second kappa shape index (κ2) is 12.3. The Balaban J connectivity index is 2.08. The summed E-state index contributed by atoms with van der Waals surface area (Å²) in [6.45, 7) is 12.5. The molecular weight excluding hydrogens is 514 g/mol.